The van der Waals surface area contributed by atoms with E-state index in [1.807, 2.05) is 83.1 Å². The van der Waals surface area contributed by atoms with Gasteiger partial charge in [-0.1, -0.05) is 21.3 Å². The number of carbonyl (C=O) groups is 10. The minimum atomic E-state index is -0.964. The maximum absolute atomic E-state index is 12.7. The molecule has 5 aromatic heterocycles. The third-order valence-electron chi connectivity index (χ3n) is 21.6. The standard InChI is InChI=1S/C22H32N4O3.C18H24BrN3O3.C18H24N4O3.C10H11Br2NO2.C9H15NO.C6H3Br2NO2.C4H9N.CH2O3.2CH4.2K.H/c1-22(2,3)29-21(28)16-13-18(23-17-5-4-6-17)24-19(14-16)25-9-11-26(12-10-25)20(27)15-7-8-15;1-18(2,3)25-17(24)13-10-14(19)20-15(11-13)21-6-8-22(9-7-21)16(23)12-4-5-12;23-17(12-4-5-12)22-8-6-21(7-9-22)16-11-13(18(24)25)10-15(20-16)19-14-2-1-3-14;1-10(2,3)15-9(14)6-4-7(11)13-8(12)5-6;11-9(8-4-5-8)10-6-2-1-3-7-10;7-4-1-3(6(10)11)2-5(8)9-4;5-4-2-1-3-4;2-1-4-3;;;;;/h13-15,17H,4-12H2,1-3H3,(H,23,24);10-12H,4-9H2,1-3H3;10-12,14H,1-9H2,(H,19,20)(H,24,25);4-5H,1-3H3;8H,1-7H2;1-2H,(H,10,11);4H,1-3,5H2;1,3H;2*1H4;;;/q;;;;;;;;;;2*+1;-1/p-1. The molecular formula is C90H128Br5K2N15O17. The van der Waals surface area contributed by atoms with E-state index in [9.17, 15) is 48.3 Å². The van der Waals surface area contributed by atoms with Crippen LogP contribution in [0.4, 0.5) is 29.1 Å². The van der Waals surface area contributed by atoms with Gasteiger partial charge in [-0.05, 0) is 325 Å². The second-order valence-electron chi connectivity index (χ2n) is 35.7. The molecule has 0 bridgehead atoms. The smallest absolute Gasteiger partial charge is 1.00 e. The van der Waals surface area contributed by atoms with Crippen molar-refractivity contribution in [3.63, 3.8) is 0 Å². The number of nitrogens with two attached hydrogens (primary N) is 1. The molecule has 5 aromatic rings. The largest absolute Gasteiger partial charge is 1.00 e. The van der Waals surface area contributed by atoms with Gasteiger partial charge >= 0.3 is 133 Å². The zero-order valence-electron chi connectivity index (χ0n) is 75.8. The molecule has 11 fully saturated rings. The van der Waals surface area contributed by atoms with Crippen LogP contribution in [0.15, 0.2) is 83.7 Å². The molecule has 11 aliphatic rings. The van der Waals surface area contributed by atoms with Crippen LogP contribution in [0.3, 0.4) is 0 Å². The zero-order valence-corrected chi connectivity index (χ0v) is 89.0. The number of anilines is 5. The molecule has 4 saturated heterocycles. The van der Waals surface area contributed by atoms with Gasteiger partial charge in [0.2, 0.25) is 23.6 Å². The van der Waals surface area contributed by atoms with Crippen molar-refractivity contribution in [1.82, 2.24) is 44.5 Å². The maximum atomic E-state index is 12.7. The Labute approximate surface area is 887 Å². The molecule has 16 rings (SSSR count). The molecule has 6 N–H and O–H groups in total. The average Bonchev–Trinajstić information content (AvgIpc) is 1.17. The molecule has 702 valence electrons. The molecule has 4 amide bonds. The second kappa shape index (κ2) is 54.7. The van der Waals surface area contributed by atoms with Crippen LogP contribution in [0.25, 0.3) is 0 Å². The van der Waals surface area contributed by atoms with Crippen LogP contribution in [-0.2, 0) is 43.1 Å². The van der Waals surface area contributed by atoms with Gasteiger partial charge in [0.05, 0.1) is 27.8 Å². The molecule has 39 heteroatoms. The van der Waals surface area contributed by atoms with E-state index in [0.29, 0.717) is 140 Å². The van der Waals surface area contributed by atoms with Crippen molar-refractivity contribution < 1.29 is 187 Å². The predicted molar refractivity (Wildman–Crippen MR) is 503 cm³/mol. The van der Waals surface area contributed by atoms with Gasteiger partial charge in [-0.15, -0.1) is 0 Å². The molecule has 0 radical (unpaired) electrons. The molecular weight excluding hydrogens is 2040 g/mol. The number of pyridine rings is 5. The fraction of sp³-hybridized carbons (Fsp3) is 0.611. The number of nitrogens with one attached hydrogen (secondary N) is 2. The van der Waals surface area contributed by atoms with Crippen LogP contribution >= 0.6 is 79.6 Å². The molecule has 0 atom stereocenters. The number of hydrogen-bond acceptors (Lipinski definition) is 26. The average molecular weight is 2170 g/mol. The summed E-state index contributed by atoms with van der Waals surface area (Å²) in [6, 6.07) is 17.8. The Morgan fingerprint density at radius 3 is 0.876 bits per heavy atom. The van der Waals surface area contributed by atoms with Gasteiger partial charge in [0.25, 0.3) is 6.47 Å². The minimum absolute atomic E-state index is 0. The molecule has 32 nitrogen and oxygen atoms in total. The van der Waals surface area contributed by atoms with E-state index in [4.69, 9.17) is 40.1 Å². The van der Waals surface area contributed by atoms with Gasteiger partial charge in [-0.3, -0.25) is 24.0 Å². The second-order valence-corrected chi connectivity index (χ2v) is 39.8. The maximum Gasteiger partial charge on any atom is 1.00 e. The Hall–Kier alpha value is -4.96. The van der Waals surface area contributed by atoms with E-state index >= 15 is 0 Å². The van der Waals surface area contributed by atoms with Gasteiger partial charge < -0.3 is 86.7 Å². The van der Waals surface area contributed by atoms with Crippen LogP contribution in [0, 0.1) is 23.7 Å². The number of halogens is 5. The molecule has 7 aliphatic carbocycles. The van der Waals surface area contributed by atoms with Gasteiger partial charge in [-0.25, -0.2) is 48.9 Å². The van der Waals surface area contributed by atoms with Crippen LogP contribution in [0.2, 0.25) is 0 Å². The molecule has 7 saturated carbocycles. The van der Waals surface area contributed by atoms with Crippen molar-refractivity contribution >= 4 is 169 Å². The van der Waals surface area contributed by atoms with Crippen LogP contribution in [-0.4, -0.2) is 241 Å². The number of carboxylic acid groups (broad SMARTS) is 2. The van der Waals surface area contributed by atoms with E-state index in [1.54, 1.807) is 42.5 Å². The number of amides is 4. The first-order chi connectivity index (χ1) is 59.2. The Bertz CT molecular complexity index is 4500. The molecule has 9 heterocycles. The fourth-order valence-electron chi connectivity index (χ4n) is 13.6. The first-order valence-corrected chi connectivity index (χ1v) is 47.1. The van der Waals surface area contributed by atoms with Crippen molar-refractivity contribution in [3.8, 4) is 0 Å². The number of aromatic nitrogens is 5. The van der Waals surface area contributed by atoms with Gasteiger partial charge in [-0.2, -0.15) is 0 Å². The number of hydrogen-bond donors (Lipinski definition) is 5. The monoisotopic (exact) mass is 2160 g/mol. The van der Waals surface area contributed by atoms with Crippen LogP contribution < -0.4 is 139 Å². The van der Waals surface area contributed by atoms with Gasteiger partial charge in [0, 0.05) is 133 Å². The summed E-state index contributed by atoms with van der Waals surface area (Å²) < 4.78 is 19.0. The van der Waals surface area contributed by atoms with Crippen molar-refractivity contribution in [2.45, 2.75) is 241 Å². The number of piperidine rings is 1. The Kier molecular flexibility index (Phi) is 48.6. The number of esters is 3. The minimum Gasteiger partial charge on any atom is -1.00 e. The zero-order chi connectivity index (χ0) is 91.0. The quantitative estimate of drug-likeness (QED) is 0.0110. The number of rotatable bonds is 17. The fourth-order valence-corrected chi connectivity index (χ4v) is 16.2. The summed E-state index contributed by atoms with van der Waals surface area (Å²) in [7, 11) is 0. The first-order valence-electron chi connectivity index (χ1n) is 43.1. The van der Waals surface area contributed by atoms with Crippen molar-refractivity contribution in [2.75, 3.05) is 117 Å². The van der Waals surface area contributed by atoms with Gasteiger partial charge in [0.15, 0.2) is 0 Å². The number of likely N-dealkylation sites (tertiary alicyclic amines) is 1. The SMILES string of the molecule is C.C.CC(C)(C)OC(=O)c1cc(Br)nc(Br)c1.CC(C)(C)OC(=O)c1cc(Br)nc(N2CCN(C(=O)C3CC3)CC2)c1.CC(C)(C)OC(=O)c1cc(NC2CCC2)nc(N2CCN(C(=O)C3CC3)CC2)c1.NC1CCC1.O=C(C1CC1)N1CCCCC1.O=C(O)c1cc(Br)nc(Br)c1.O=C(O)c1cc(NC2CCC2)nc(N2CCN(C(=O)C3CC3)CC2)c1.O=CO[O-].[H-].[K+].[K+]. The summed E-state index contributed by atoms with van der Waals surface area (Å²) in [6.45, 7) is 27.0. The van der Waals surface area contributed by atoms with E-state index in [2.05, 4.69) is 135 Å². The number of ether oxygens (including phenoxy) is 3. The first kappa shape index (κ1) is 115. The number of piperazine rings is 3. The molecule has 0 aromatic carbocycles. The molecule has 0 unspecified atom stereocenters. The van der Waals surface area contributed by atoms with E-state index < -0.39 is 28.7 Å². The molecule has 4 aliphatic heterocycles. The third-order valence-corrected chi connectivity index (χ3v) is 23.6. The summed E-state index contributed by atoms with van der Waals surface area (Å²) >= 11 is 16.0. The number of aromatic carboxylic acids is 2. The van der Waals surface area contributed by atoms with E-state index in [1.165, 1.54) is 63.5 Å². The summed E-state index contributed by atoms with van der Waals surface area (Å²) in [4.78, 5) is 154. The molecule has 0 spiro atoms. The van der Waals surface area contributed by atoms with E-state index in [-0.39, 0.29) is 184 Å². The number of nitrogens with zero attached hydrogens (tertiary/aromatic N) is 12. The normalized spacial score (nSPS) is 17.6. The Morgan fingerprint density at radius 1 is 0.380 bits per heavy atom. The predicted octanol–water partition coefficient (Wildman–Crippen LogP) is 9.32. The summed E-state index contributed by atoms with van der Waals surface area (Å²) in [5.74, 6) is 3.08. The van der Waals surface area contributed by atoms with E-state index in [0.717, 1.165) is 134 Å². The summed E-state index contributed by atoms with van der Waals surface area (Å²) in [5.41, 5.74) is 5.73. The summed E-state index contributed by atoms with van der Waals surface area (Å²) in [5, 5.41) is 33.2. The third kappa shape index (κ3) is 40.5. The Balaban J connectivity index is 0.000000327. The van der Waals surface area contributed by atoms with Crippen molar-refractivity contribution in [3.05, 3.63) is 111 Å². The Morgan fingerprint density at radius 2 is 0.620 bits per heavy atom. The number of carboxylic acids is 2. The summed E-state index contributed by atoms with van der Waals surface area (Å²) in [6.07, 6.45) is 23.1. The van der Waals surface area contributed by atoms with Crippen molar-refractivity contribution in [1.29, 1.82) is 0 Å². The topological polar surface area (TPSA) is 408 Å². The number of carbonyl (C=O) groups excluding carboxylic acids is 8. The van der Waals surface area contributed by atoms with Crippen LogP contribution in [0.1, 0.15) is 259 Å². The van der Waals surface area contributed by atoms with Crippen molar-refractivity contribution in [2.24, 2.45) is 29.4 Å². The molecule has 129 heavy (non-hydrogen) atoms. The van der Waals surface area contributed by atoms with Gasteiger partial charge in [0.1, 0.15) is 68.9 Å². The van der Waals surface area contributed by atoms with Crippen LogP contribution in [0.5, 0.6) is 0 Å².